The molecule has 13 heavy (non-hydrogen) atoms. The lowest BCUT2D eigenvalue weighted by molar-refractivity contribution is -0.126. The molecule has 0 saturated heterocycles. The first-order chi connectivity index (χ1) is 6.11. The van der Waals surface area contributed by atoms with E-state index in [2.05, 4.69) is 21.2 Å². The summed E-state index contributed by atoms with van der Waals surface area (Å²) in [5, 5.41) is 2.07. The van der Waals surface area contributed by atoms with Crippen LogP contribution in [0.15, 0.2) is 28.7 Å². The summed E-state index contributed by atoms with van der Waals surface area (Å²) in [6, 6.07) is 6.55. The Kier molecular flexibility index (Phi) is 3.36. The maximum absolute atomic E-state index is 11.8. The van der Waals surface area contributed by atoms with Crippen molar-refractivity contribution in [2.45, 2.75) is 6.43 Å². The third-order valence-electron chi connectivity index (χ3n) is 1.33. The summed E-state index contributed by atoms with van der Waals surface area (Å²) in [7, 11) is 0. The van der Waals surface area contributed by atoms with Crippen LogP contribution < -0.4 is 5.32 Å². The monoisotopic (exact) mass is 249 g/mol. The third kappa shape index (κ3) is 2.77. The van der Waals surface area contributed by atoms with Crippen LogP contribution in [0.3, 0.4) is 0 Å². The summed E-state index contributed by atoms with van der Waals surface area (Å²) >= 11 is 3.11. The average molecular weight is 250 g/mol. The van der Waals surface area contributed by atoms with Crippen molar-refractivity contribution in [1.82, 2.24) is 0 Å². The summed E-state index contributed by atoms with van der Waals surface area (Å²) in [6.07, 6.45) is -2.99. The minimum atomic E-state index is -2.99. The molecule has 0 aliphatic carbocycles. The van der Waals surface area contributed by atoms with Crippen LogP contribution in [-0.4, -0.2) is 12.3 Å². The van der Waals surface area contributed by atoms with Gasteiger partial charge >= 0.3 is 6.43 Å². The molecule has 0 spiro atoms. The van der Waals surface area contributed by atoms with E-state index >= 15 is 0 Å². The van der Waals surface area contributed by atoms with Crippen LogP contribution in [0.2, 0.25) is 0 Å². The van der Waals surface area contributed by atoms with E-state index < -0.39 is 12.3 Å². The normalized spacial score (nSPS) is 10.2. The van der Waals surface area contributed by atoms with Crippen molar-refractivity contribution in [3.63, 3.8) is 0 Å². The van der Waals surface area contributed by atoms with E-state index in [0.29, 0.717) is 10.2 Å². The van der Waals surface area contributed by atoms with Gasteiger partial charge in [0.05, 0.1) is 5.69 Å². The summed E-state index contributed by atoms with van der Waals surface area (Å²) in [5.74, 6) is -1.30. The summed E-state index contributed by atoms with van der Waals surface area (Å²) < 4.78 is 24.2. The molecule has 0 unspecified atom stereocenters. The van der Waals surface area contributed by atoms with Gasteiger partial charge in [-0.05, 0) is 28.1 Å². The molecule has 1 aromatic rings. The smallest absolute Gasteiger partial charge is 0.315 e. The summed E-state index contributed by atoms with van der Waals surface area (Å²) in [4.78, 5) is 10.6. The minimum Gasteiger partial charge on any atom is -0.320 e. The van der Waals surface area contributed by atoms with Crippen molar-refractivity contribution in [2.75, 3.05) is 5.32 Å². The fourth-order valence-electron chi connectivity index (χ4n) is 0.750. The first kappa shape index (κ1) is 10.1. The molecule has 0 aliphatic rings. The van der Waals surface area contributed by atoms with Crippen molar-refractivity contribution >= 4 is 27.5 Å². The van der Waals surface area contributed by atoms with Gasteiger partial charge in [0.15, 0.2) is 0 Å². The SMILES string of the molecule is O=C(Nc1ccccc1Br)C(F)F. The molecule has 0 radical (unpaired) electrons. The number of benzene rings is 1. The fraction of sp³-hybridized carbons (Fsp3) is 0.125. The number of nitrogens with one attached hydrogen (secondary N) is 1. The number of amides is 1. The maximum atomic E-state index is 11.8. The van der Waals surface area contributed by atoms with Crippen molar-refractivity contribution in [1.29, 1.82) is 0 Å². The molecule has 0 atom stereocenters. The van der Waals surface area contributed by atoms with Gasteiger partial charge in [-0.3, -0.25) is 4.79 Å². The Morgan fingerprint density at radius 2 is 2.00 bits per heavy atom. The zero-order chi connectivity index (χ0) is 9.84. The molecule has 0 bridgehead atoms. The van der Waals surface area contributed by atoms with Gasteiger partial charge in [-0.25, -0.2) is 0 Å². The van der Waals surface area contributed by atoms with Crippen molar-refractivity contribution in [2.24, 2.45) is 0 Å². The highest BCUT2D eigenvalue weighted by molar-refractivity contribution is 9.10. The van der Waals surface area contributed by atoms with Crippen molar-refractivity contribution in [3.8, 4) is 0 Å². The predicted octanol–water partition coefficient (Wildman–Crippen LogP) is 2.65. The number of alkyl halides is 2. The van der Waals surface area contributed by atoms with Crippen LogP contribution in [0.4, 0.5) is 14.5 Å². The van der Waals surface area contributed by atoms with Crippen LogP contribution in [0.25, 0.3) is 0 Å². The molecule has 70 valence electrons. The Hall–Kier alpha value is -0.970. The number of halogens is 3. The first-order valence-electron chi connectivity index (χ1n) is 3.45. The zero-order valence-corrected chi connectivity index (χ0v) is 8.01. The van der Waals surface area contributed by atoms with Crippen molar-refractivity contribution < 1.29 is 13.6 Å². The molecule has 1 amide bonds. The quantitative estimate of drug-likeness (QED) is 0.858. The average Bonchev–Trinajstić information content (AvgIpc) is 2.08. The Balaban J connectivity index is 2.75. The van der Waals surface area contributed by atoms with E-state index in [-0.39, 0.29) is 0 Å². The Morgan fingerprint density at radius 1 is 1.38 bits per heavy atom. The highest BCUT2D eigenvalue weighted by atomic mass is 79.9. The molecular formula is C8H6BrF2NO. The summed E-state index contributed by atoms with van der Waals surface area (Å²) in [6.45, 7) is 0. The fourth-order valence-corrected chi connectivity index (χ4v) is 1.13. The number of carbonyl (C=O) groups excluding carboxylic acids is 1. The molecule has 0 heterocycles. The van der Waals surface area contributed by atoms with Gasteiger partial charge in [0.2, 0.25) is 0 Å². The Labute approximate surface area is 82.1 Å². The lowest BCUT2D eigenvalue weighted by Gasteiger charge is -2.05. The van der Waals surface area contributed by atoms with Crippen LogP contribution in [0.5, 0.6) is 0 Å². The predicted molar refractivity (Wildman–Crippen MR) is 48.8 cm³/mol. The van der Waals surface area contributed by atoms with Crippen molar-refractivity contribution in [3.05, 3.63) is 28.7 Å². The molecular weight excluding hydrogens is 244 g/mol. The Morgan fingerprint density at radius 3 is 2.54 bits per heavy atom. The molecule has 0 aliphatic heterocycles. The topological polar surface area (TPSA) is 29.1 Å². The molecule has 0 saturated carbocycles. The molecule has 1 N–H and O–H groups in total. The molecule has 0 aromatic heterocycles. The summed E-state index contributed by atoms with van der Waals surface area (Å²) in [5.41, 5.74) is 0.341. The molecule has 1 aromatic carbocycles. The largest absolute Gasteiger partial charge is 0.320 e. The highest BCUT2D eigenvalue weighted by Crippen LogP contribution is 2.21. The second-order valence-corrected chi connectivity index (χ2v) is 3.12. The highest BCUT2D eigenvalue weighted by Gasteiger charge is 2.15. The molecule has 0 fully saturated rings. The van der Waals surface area contributed by atoms with Gasteiger partial charge in [-0.15, -0.1) is 0 Å². The van der Waals surface area contributed by atoms with Crippen LogP contribution in [0, 0.1) is 0 Å². The van der Waals surface area contributed by atoms with Gasteiger partial charge < -0.3 is 5.32 Å². The van der Waals surface area contributed by atoms with E-state index in [1.165, 1.54) is 6.07 Å². The molecule has 1 rings (SSSR count). The van der Waals surface area contributed by atoms with Gasteiger partial charge in [-0.2, -0.15) is 8.78 Å². The number of carbonyl (C=O) groups is 1. The number of hydrogen-bond donors (Lipinski definition) is 1. The number of para-hydroxylation sites is 1. The number of hydrogen-bond acceptors (Lipinski definition) is 1. The van der Waals surface area contributed by atoms with Gasteiger partial charge in [0.25, 0.3) is 5.91 Å². The van der Waals surface area contributed by atoms with Crippen LogP contribution in [0.1, 0.15) is 0 Å². The number of anilines is 1. The molecule has 5 heteroatoms. The standard InChI is InChI=1S/C8H6BrF2NO/c9-5-3-1-2-4-6(5)12-8(13)7(10)11/h1-4,7H,(H,12,13). The molecule has 2 nitrogen and oxygen atoms in total. The minimum absolute atomic E-state index is 0.341. The lowest BCUT2D eigenvalue weighted by atomic mass is 10.3. The van der Waals surface area contributed by atoms with E-state index in [1.54, 1.807) is 18.2 Å². The third-order valence-corrected chi connectivity index (χ3v) is 2.02. The van der Waals surface area contributed by atoms with Gasteiger partial charge in [0.1, 0.15) is 0 Å². The lowest BCUT2D eigenvalue weighted by Crippen LogP contribution is -2.20. The second-order valence-electron chi connectivity index (χ2n) is 2.27. The van der Waals surface area contributed by atoms with E-state index in [4.69, 9.17) is 0 Å². The number of rotatable bonds is 2. The van der Waals surface area contributed by atoms with Gasteiger partial charge in [-0.1, -0.05) is 12.1 Å². The second kappa shape index (κ2) is 4.32. The first-order valence-corrected chi connectivity index (χ1v) is 4.24. The zero-order valence-electron chi connectivity index (χ0n) is 6.43. The van der Waals surface area contributed by atoms with Crippen LogP contribution in [-0.2, 0) is 4.79 Å². The van der Waals surface area contributed by atoms with E-state index in [1.807, 2.05) is 0 Å². The van der Waals surface area contributed by atoms with E-state index in [9.17, 15) is 13.6 Å². The Bertz CT molecular complexity index is 317. The maximum Gasteiger partial charge on any atom is 0.315 e. The van der Waals surface area contributed by atoms with E-state index in [0.717, 1.165) is 0 Å². The van der Waals surface area contributed by atoms with Crippen LogP contribution >= 0.6 is 15.9 Å². The van der Waals surface area contributed by atoms with Gasteiger partial charge in [0, 0.05) is 4.47 Å².